The monoisotopic (exact) mass is 417 g/mol. The molecule has 2 heterocycles. The number of aliphatic imine (C=N–C) groups is 1. The Bertz CT molecular complexity index is 799. The molecule has 1 aromatic heterocycles. The van der Waals surface area contributed by atoms with Crippen molar-refractivity contribution < 1.29 is 9.18 Å². The Labute approximate surface area is 175 Å². The van der Waals surface area contributed by atoms with Crippen molar-refractivity contribution in [2.75, 3.05) is 58.3 Å². The molecule has 1 saturated heterocycles. The second kappa shape index (κ2) is 10.2. The molecular weight excluding hydrogens is 389 g/mol. The lowest BCUT2D eigenvalue weighted by Crippen LogP contribution is -2.53. The number of likely N-dealkylation sites (N-methyl/N-ethyl adjacent to an activating group) is 1. The zero-order valence-corrected chi connectivity index (χ0v) is 17.8. The van der Waals surface area contributed by atoms with Gasteiger partial charge in [0.25, 0.3) is 0 Å². The van der Waals surface area contributed by atoms with E-state index in [2.05, 4.69) is 37.6 Å². The third-order valence-corrected chi connectivity index (χ3v) is 5.80. The van der Waals surface area contributed by atoms with E-state index >= 15 is 0 Å². The fourth-order valence-electron chi connectivity index (χ4n) is 3.13. The van der Waals surface area contributed by atoms with Crippen molar-refractivity contribution in [1.82, 2.24) is 15.1 Å². The van der Waals surface area contributed by atoms with Gasteiger partial charge >= 0.3 is 0 Å². The molecule has 0 unspecified atom stereocenters. The summed E-state index contributed by atoms with van der Waals surface area (Å²) >= 11 is 1.74. The topological polar surface area (TPSA) is 51.2 Å². The number of rotatable bonds is 6. The molecule has 1 fully saturated rings. The van der Waals surface area contributed by atoms with Crippen molar-refractivity contribution in [1.29, 1.82) is 0 Å². The maximum absolute atomic E-state index is 13.2. The van der Waals surface area contributed by atoms with Crippen molar-refractivity contribution >= 4 is 28.9 Å². The van der Waals surface area contributed by atoms with Gasteiger partial charge in [-0.15, -0.1) is 11.3 Å². The minimum atomic E-state index is -0.220. The number of piperazine rings is 1. The summed E-state index contributed by atoms with van der Waals surface area (Å²) in [6.45, 7) is 4.12. The molecule has 0 atom stereocenters. The van der Waals surface area contributed by atoms with Crippen molar-refractivity contribution in [3.8, 4) is 0 Å². The summed E-state index contributed by atoms with van der Waals surface area (Å²) in [5.41, 5.74) is 1.03. The number of benzene rings is 1. The summed E-state index contributed by atoms with van der Waals surface area (Å²) in [5.74, 6) is 0.533. The van der Waals surface area contributed by atoms with Gasteiger partial charge in [-0.2, -0.15) is 0 Å². The van der Waals surface area contributed by atoms with Gasteiger partial charge in [0.15, 0.2) is 5.96 Å². The summed E-state index contributed by atoms with van der Waals surface area (Å²) in [5, 5.41) is 5.51. The summed E-state index contributed by atoms with van der Waals surface area (Å²) in [6.07, 6.45) is 0.924. The molecule has 0 radical (unpaired) electrons. The summed E-state index contributed by atoms with van der Waals surface area (Å²) in [4.78, 5) is 23.9. The molecule has 0 bridgehead atoms. The second-order valence-electron chi connectivity index (χ2n) is 7.13. The van der Waals surface area contributed by atoms with Gasteiger partial charge in [-0.1, -0.05) is 6.07 Å². The first-order valence-corrected chi connectivity index (χ1v) is 10.7. The van der Waals surface area contributed by atoms with Crippen LogP contribution < -0.4 is 10.2 Å². The lowest BCUT2D eigenvalue weighted by Gasteiger charge is -2.37. The van der Waals surface area contributed by atoms with Gasteiger partial charge in [0.1, 0.15) is 12.4 Å². The maximum atomic E-state index is 13.2. The molecule has 0 aliphatic carbocycles. The van der Waals surface area contributed by atoms with Crippen molar-refractivity contribution in [3.05, 3.63) is 52.5 Å². The van der Waals surface area contributed by atoms with Crippen molar-refractivity contribution in [2.24, 2.45) is 4.99 Å². The van der Waals surface area contributed by atoms with E-state index in [0.29, 0.717) is 0 Å². The summed E-state index contributed by atoms with van der Waals surface area (Å²) in [6, 6.07) is 10.8. The number of carbonyl (C=O) groups is 1. The smallest absolute Gasteiger partial charge is 0.243 e. The van der Waals surface area contributed by atoms with E-state index < -0.39 is 0 Å². The molecule has 0 spiro atoms. The maximum Gasteiger partial charge on any atom is 0.243 e. The largest absolute Gasteiger partial charge is 0.368 e. The van der Waals surface area contributed by atoms with E-state index in [4.69, 9.17) is 0 Å². The van der Waals surface area contributed by atoms with Gasteiger partial charge in [-0.05, 0) is 42.1 Å². The average Bonchev–Trinajstić information content (AvgIpc) is 3.24. The SMILES string of the molecule is CN(C)C(=O)CN=C(NCCc1cccs1)N1CCN(c2ccc(F)cc2)CC1. The molecule has 6 nitrogen and oxygen atoms in total. The number of carbonyl (C=O) groups excluding carboxylic acids is 1. The van der Waals surface area contributed by atoms with Gasteiger partial charge < -0.3 is 20.0 Å². The van der Waals surface area contributed by atoms with Crippen LogP contribution in [0.4, 0.5) is 10.1 Å². The highest BCUT2D eigenvalue weighted by Gasteiger charge is 2.20. The molecule has 8 heteroatoms. The predicted octanol–water partition coefficient (Wildman–Crippen LogP) is 2.29. The van der Waals surface area contributed by atoms with Crippen LogP contribution in [0.15, 0.2) is 46.8 Å². The Morgan fingerprint density at radius 2 is 1.90 bits per heavy atom. The molecule has 1 N–H and O–H groups in total. The Morgan fingerprint density at radius 3 is 2.52 bits per heavy atom. The number of hydrogen-bond acceptors (Lipinski definition) is 4. The average molecular weight is 418 g/mol. The molecule has 1 amide bonds. The lowest BCUT2D eigenvalue weighted by molar-refractivity contribution is -0.127. The molecule has 29 heavy (non-hydrogen) atoms. The number of hydrogen-bond donors (Lipinski definition) is 1. The quantitative estimate of drug-likeness (QED) is 0.579. The molecule has 1 aromatic carbocycles. The van der Waals surface area contributed by atoms with Crippen LogP contribution in [0.1, 0.15) is 4.88 Å². The Morgan fingerprint density at radius 1 is 1.17 bits per heavy atom. The summed E-state index contributed by atoms with van der Waals surface area (Å²) < 4.78 is 13.2. The van der Waals surface area contributed by atoms with E-state index in [9.17, 15) is 9.18 Å². The van der Waals surface area contributed by atoms with Crippen LogP contribution >= 0.6 is 11.3 Å². The Kier molecular flexibility index (Phi) is 7.46. The predicted molar refractivity (Wildman–Crippen MR) is 117 cm³/mol. The number of halogens is 1. The van der Waals surface area contributed by atoms with E-state index in [1.54, 1.807) is 30.3 Å². The van der Waals surface area contributed by atoms with E-state index in [1.165, 1.54) is 17.0 Å². The number of nitrogens with zero attached hydrogens (tertiary/aromatic N) is 4. The number of nitrogens with one attached hydrogen (secondary N) is 1. The second-order valence-corrected chi connectivity index (χ2v) is 8.17. The Hall–Kier alpha value is -2.61. The lowest BCUT2D eigenvalue weighted by atomic mass is 10.2. The fourth-order valence-corrected chi connectivity index (χ4v) is 3.84. The first kappa shape index (κ1) is 21.1. The third kappa shape index (κ3) is 6.19. The van der Waals surface area contributed by atoms with Crippen LogP contribution in [0.2, 0.25) is 0 Å². The van der Waals surface area contributed by atoms with E-state index in [0.717, 1.165) is 50.8 Å². The normalized spacial score (nSPS) is 14.8. The van der Waals surface area contributed by atoms with Crippen LogP contribution in [-0.4, -0.2) is 75.0 Å². The molecular formula is C21H28FN5OS. The first-order valence-electron chi connectivity index (χ1n) is 9.79. The van der Waals surface area contributed by atoms with Crippen LogP contribution in [0.5, 0.6) is 0 Å². The van der Waals surface area contributed by atoms with Crippen molar-refractivity contribution in [3.63, 3.8) is 0 Å². The number of anilines is 1. The highest BCUT2D eigenvalue weighted by Crippen LogP contribution is 2.17. The molecule has 1 aliphatic heterocycles. The fraction of sp³-hybridized carbons (Fsp3) is 0.429. The zero-order valence-electron chi connectivity index (χ0n) is 17.0. The van der Waals surface area contributed by atoms with Gasteiger partial charge in [0.05, 0.1) is 0 Å². The molecule has 0 saturated carbocycles. The van der Waals surface area contributed by atoms with Gasteiger partial charge in [0, 0.05) is 57.4 Å². The van der Waals surface area contributed by atoms with Crippen LogP contribution in [0.25, 0.3) is 0 Å². The van der Waals surface area contributed by atoms with E-state index in [1.807, 2.05) is 12.1 Å². The minimum Gasteiger partial charge on any atom is -0.368 e. The standard InChI is InChI=1S/C21H28FN5OS/c1-25(2)20(28)16-24-21(23-10-9-19-4-3-15-29-19)27-13-11-26(12-14-27)18-7-5-17(22)6-8-18/h3-8,15H,9-14,16H2,1-2H3,(H,23,24). The number of amides is 1. The summed E-state index contributed by atoms with van der Waals surface area (Å²) in [7, 11) is 3.48. The zero-order chi connectivity index (χ0) is 20.6. The number of thiophene rings is 1. The highest BCUT2D eigenvalue weighted by atomic mass is 32.1. The van der Waals surface area contributed by atoms with Crippen LogP contribution in [0, 0.1) is 5.82 Å². The number of guanidine groups is 1. The van der Waals surface area contributed by atoms with Crippen LogP contribution in [-0.2, 0) is 11.2 Å². The van der Waals surface area contributed by atoms with Gasteiger partial charge in [0.2, 0.25) is 5.91 Å². The van der Waals surface area contributed by atoms with Crippen LogP contribution in [0.3, 0.4) is 0 Å². The molecule has 3 rings (SSSR count). The van der Waals surface area contributed by atoms with E-state index in [-0.39, 0.29) is 18.3 Å². The highest BCUT2D eigenvalue weighted by molar-refractivity contribution is 7.09. The molecule has 2 aromatic rings. The minimum absolute atomic E-state index is 0.0208. The van der Waals surface area contributed by atoms with Gasteiger partial charge in [-0.25, -0.2) is 9.38 Å². The first-order chi connectivity index (χ1) is 14.0. The third-order valence-electron chi connectivity index (χ3n) is 4.87. The molecule has 1 aliphatic rings. The molecule has 156 valence electrons. The Balaban J connectivity index is 1.59. The van der Waals surface area contributed by atoms with Gasteiger partial charge in [-0.3, -0.25) is 4.79 Å². The van der Waals surface area contributed by atoms with Crippen molar-refractivity contribution in [2.45, 2.75) is 6.42 Å².